The van der Waals surface area contributed by atoms with Gasteiger partial charge in [0.2, 0.25) is 0 Å². The molecule has 0 fully saturated rings. The average molecular weight is 257 g/mol. The van der Waals surface area contributed by atoms with E-state index >= 15 is 0 Å². The highest BCUT2D eigenvalue weighted by molar-refractivity contribution is 5.51. The van der Waals surface area contributed by atoms with Crippen LogP contribution in [0.25, 0.3) is 0 Å². The summed E-state index contributed by atoms with van der Waals surface area (Å²) in [6, 6.07) is 10.7. The molecule has 2 aromatic rings. The molecule has 0 saturated carbocycles. The molecule has 2 rings (SSSR count). The maximum absolute atomic E-state index is 4.48. The quantitative estimate of drug-likeness (QED) is 0.857. The molecule has 0 aliphatic rings. The lowest BCUT2D eigenvalue weighted by Crippen LogP contribution is -2.06. The molecule has 1 heterocycles. The monoisotopic (exact) mass is 257 g/mol. The molecule has 1 aromatic heterocycles. The molecule has 0 amide bonds. The van der Waals surface area contributed by atoms with Gasteiger partial charge in [-0.2, -0.15) is 5.10 Å². The van der Waals surface area contributed by atoms with E-state index in [1.165, 1.54) is 23.4 Å². The number of rotatable bonds is 6. The van der Waals surface area contributed by atoms with Gasteiger partial charge in [0.25, 0.3) is 0 Å². The van der Waals surface area contributed by atoms with Gasteiger partial charge in [-0.25, -0.2) is 0 Å². The highest BCUT2D eigenvalue weighted by Gasteiger charge is 2.05. The zero-order valence-corrected chi connectivity index (χ0v) is 12.1. The van der Waals surface area contributed by atoms with Crippen LogP contribution in [0.5, 0.6) is 0 Å². The fraction of sp³-hybridized carbons (Fsp3) is 0.438. The van der Waals surface area contributed by atoms with Crippen molar-refractivity contribution in [2.45, 2.75) is 39.7 Å². The van der Waals surface area contributed by atoms with E-state index in [1.54, 1.807) is 0 Å². The minimum Gasteiger partial charge on any atom is -0.379 e. The van der Waals surface area contributed by atoms with Crippen LogP contribution >= 0.6 is 0 Å². The topological polar surface area (TPSA) is 29.9 Å². The van der Waals surface area contributed by atoms with Crippen molar-refractivity contribution >= 4 is 5.69 Å². The van der Waals surface area contributed by atoms with Crippen molar-refractivity contribution < 1.29 is 0 Å². The summed E-state index contributed by atoms with van der Waals surface area (Å²) in [4.78, 5) is 0. The number of nitrogens with zero attached hydrogens (tertiary/aromatic N) is 2. The summed E-state index contributed by atoms with van der Waals surface area (Å²) in [6.07, 6.45) is 3.28. The molecular weight excluding hydrogens is 234 g/mol. The van der Waals surface area contributed by atoms with E-state index in [4.69, 9.17) is 0 Å². The van der Waals surface area contributed by atoms with Gasteiger partial charge in [0, 0.05) is 12.7 Å². The Morgan fingerprint density at radius 2 is 2.00 bits per heavy atom. The number of benzene rings is 1. The van der Waals surface area contributed by atoms with Crippen LogP contribution in [0, 0.1) is 0 Å². The molecule has 3 nitrogen and oxygen atoms in total. The van der Waals surface area contributed by atoms with Gasteiger partial charge in [-0.15, -0.1) is 0 Å². The van der Waals surface area contributed by atoms with E-state index < -0.39 is 0 Å². The van der Waals surface area contributed by atoms with Gasteiger partial charge in [-0.05, 0) is 30.5 Å². The lowest BCUT2D eigenvalue weighted by molar-refractivity contribution is 0.706. The van der Waals surface area contributed by atoms with Gasteiger partial charge >= 0.3 is 0 Å². The highest BCUT2D eigenvalue weighted by atomic mass is 15.3. The SMILES string of the molecule is CCCc1ccccc1NCc1cc(CC)nn1C. The molecule has 0 bridgehead atoms. The predicted molar refractivity (Wildman–Crippen MR) is 80.3 cm³/mol. The minimum absolute atomic E-state index is 0.824. The molecule has 0 unspecified atom stereocenters. The fourth-order valence-corrected chi connectivity index (χ4v) is 2.28. The number of aromatic nitrogens is 2. The van der Waals surface area contributed by atoms with Gasteiger partial charge in [-0.3, -0.25) is 4.68 Å². The second-order valence-corrected chi connectivity index (χ2v) is 4.86. The average Bonchev–Trinajstić information content (AvgIpc) is 2.79. The van der Waals surface area contributed by atoms with Crippen LogP contribution in [0.4, 0.5) is 5.69 Å². The number of hydrogen-bond donors (Lipinski definition) is 1. The fourth-order valence-electron chi connectivity index (χ4n) is 2.28. The summed E-state index contributed by atoms with van der Waals surface area (Å²) in [6.45, 7) is 5.17. The molecule has 1 aromatic carbocycles. The molecule has 0 aliphatic heterocycles. The van der Waals surface area contributed by atoms with Crippen molar-refractivity contribution in [2.24, 2.45) is 7.05 Å². The molecular formula is C16H23N3. The largest absolute Gasteiger partial charge is 0.379 e. The minimum atomic E-state index is 0.824. The van der Waals surface area contributed by atoms with Gasteiger partial charge in [0.05, 0.1) is 17.9 Å². The third-order valence-corrected chi connectivity index (χ3v) is 3.39. The second-order valence-electron chi connectivity index (χ2n) is 4.86. The van der Waals surface area contributed by atoms with Gasteiger partial charge < -0.3 is 5.32 Å². The first-order chi connectivity index (χ1) is 9.24. The Morgan fingerprint density at radius 3 is 2.68 bits per heavy atom. The number of anilines is 1. The number of hydrogen-bond acceptors (Lipinski definition) is 2. The molecule has 0 radical (unpaired) electrons. The van der Waals surface area contributed by atoms with Gasteiger partial charge in [0.1, 0.15) is 0 Å². The van der Waals surface area contributed by atoms with Crippen molar-refractivity contribution in [1.29, 1.82) is 0 Å². The maximum Gasteiger partial charge on any atom is 0.0625 e. The van der Waals surface area contributed by atoms with Gasteiger partial charge in [0.15, 0.2) is 0 Å². The maximum atomic E-state index is 4.48. The third kappa shape index (κ3) is 3.37. The van der Waals surface area contributed by atoms with Crippen LogP contribution in [-0.2, 0) is 26.4 Å². The molecule has 0 atom stereocenters. The first-order valence-corrected chi connectivity index (χ1v) is 7.08. The van der Waals surface area contributed by atoms with Crippen LogP contribution < -0.4 is 5.32 Å². The lowest BCUT2D eigenvalue weighted by atomic mass is 10.1. The Bertz CT molecular complexity index is 529. The highest BCUT2D eigenvalue weighted by Crippen LogP contribution is 2.18. The Kier molecular flexibility index (Phi) is 4.61. The van der Waals surface area contributed by atoms with Crippen LogP contribution in [0.15, 0.2) is 30.3 Å². The van der Waals surface area contributed by atoms with Crippen LogP contribution in [0.3, 0.4) is 0 Å². The zero-order chi connectivity index (χ0) is 13.7. The Hall–Kier alpha value is -1.77. The first kappa shape index (κ1) is 13.7. The molecule has 102 valence electrons. The summed E-state index contributed by atoms with van der Waals surface area (Å²) >= 11 is 0. The van der Waals surface area contributed by atoms with Crippen molar-refractivity contribution in [3.63, 3.8) is 0 Å². The van der Waals surface area contributed by atoms with Crippen molar-refractivity contribution in [3.8, 4) is 0 Å². The van der Waals surface area contributed by atoms with E-state index in [0.717, 1.165) is 25.1 Å². The van der Waals surface area contributed by atoms with E-state index in [9.17, 15) is 0 Å². The summed E-state index contributed by atoms with van der Waals surface area (Å²) in [5.41, 5.74) is 5.01. The summed E-state index contributed by atoms with van der Waals surface area (Å²) in [5, 5.41) is 8.01. The van der Waals surface area contributed by atoms with Crippen molar-refractivity contribution in [1.82, 2.24) is 9.78 Å². The Balaban J connectivity index is 2.07. The molecule has 0 spiro atoms. The lowest BCUT2D eigenvalue weighted by Gasteiger charge is -2.11. The Labute approximate surface area is 115 Å². The van der Waals surface area contributed by atoms with Crippen molar-refractivity contribution in [2.75, 3.05) is 5.32 Å². The summed E-state index contributed by atoms with van der Waals surface area (Å²) in [7, 11) is 2.01. The molecule has 0 aliphatic carbocycles. The smallest absolute Gasteiger partial charge is 0.0625 e. The second kappa shape index (κ2) is 6.41. The molecule has 3 heteroatoms. The van der Waals surface area contributed by atoms with Crippen LogP contribution in [0.1, 0.15) is 37.2 Å². The standard InChI is InChI=1S/C16H23N3/c1-4-8-13-9-6-7-10-16(13)17-12-15-11-14(5-2)18-19(15)3/h6-7,9-11,17H,4-5,8,12H2,1-3H3. The third-order valence-electron chi connectivity index (χ3n) is 3.39. The Morgan fingerprint density at radius 1 is 1.21 bits per heavy atom. The summed E-state index contributed by atoms with van der Waals surface area (Å²) < 4.78 is 1.97. The van der Waals surface area contributed by atoms with Gasteiger partial charge in [-0.1, -0.05) is 38.5 Å². The van der Waals surface area contributed by atoms with Crippen molar-refractivity contribution in [3.05, 3.63) is 47.3 Å². The summed E-state index contributed by atoms with van der Waals surface area (Å²) in [5.74, 6) is 0. The number of para-hydroxylation sites is 1. The van der Waals surface area contributed by atoms with E-state index in [2.05, 4.69) is 54.6 Å². The predicted octanol–water partition coefficient (Wildman–Crippen LogP) is 3.55. The van der Waals surface area contributed by atoms with Crippen LogP contribution in [-0.4, -0.2) is 9.78 Å². The number of nitrogens with one attached hydrogen (secondary N) is 1. The molecule has 1 N–H and O–H groups in total. The first-order valence-electron chi connectivity index (χ1n) is 7.08. The zero-order valence-electron chi connectivity index (χ0n) is 12.1. The van der Waals surface area contributed by atoms with Crippen LogP contribution in [0.2, 0.25) is 0 Å². The molecule has 19 heavy (non-hydrogen) atoms. The van der Waals surface area contributed by atoms with E-state index in [0.29, 0.717) is 0 Å². The molecule has 0 saturated heterocycles. The number of aryl methyl sites for hydroxylation is 3. The van der Waals surface area contributed by atoms with E-state index in [1.807, 2.05) is 11.7 Å². The van der Waals surface area contributed by atoms with E-state index in [-0.39, 0.29) is 0 Å². The normalized spacial score (nSPS) is 10.7.